The van der Waals surface area contributed by atoms with Crippen LogP contribution in [0.2, 0.25) is 5.02 Å². The van der Waals surface area contributed by atoms with E-state index < -0.39 is 6.04 Å². The molecule has 4 nitrogen and oxygen atoms in total. The first-order valence-electron chi connectivity index (χ1n) is 6.45. The molecule has 0 bridgehead atoms. The molecule has 1 rings (SSSR count). The lowest BCUT2D eigenvalue weighted by Gasteiger charge is -2.23. The Kier molecular flexibility index (Phi) is 6.49. The summed E-state index contributed by atoms with van der Waals surface area (Å²) in [6.45, 7) is 6.74. The zero-order valence-corrected chi connectivity index (χ0v) is 14.1. The number of carbonyl (C=O) groups excluding carboxylic acids is 2. The van der Waals surface area contributed by atoms with Crippen LogP contribution in [0.4, 0.5) is 0 Å². The molecule has 0 saturated carbocycles. The number of hydrogen-bond donors (Lipinski definition) is 1. The molecule has 1 atom stereocenters. The van der Waals surface area contributed by atoms with Gasteiger partial charge in [-0.05, 0) is 54.9 Å². The molecule has 0 aliphatic carbocycles. The summed E-state index contributed by atoms with van der Waals surface area (Å²) < 4.78 is 0.725. The molecule has 1 N–H and O–H groups in total. The summed E-state index contributed by atoms with van der Waals surface area (Å²) in [5.41, 5.74) is 0.428. The second kappa shape index (κ2) is 7.64. The van der Waals surface area contributed by atoms with E-state index >= 15 is 0 Å². The van der Waals surface area contributed by atoms with Gasteiger partial charge in [0.05, 0.1) is 5.02 Å². The third-order valence-corrected chi connectivity index (χ3v) is 4.21. The van der Waals surface area contributed by atoms with Gasteiger partial charge in [0, 0.05) is 23.1 Å². The minimum atomic E-state index is -0.565. The first-order chi connectivity index (χ1) is 9.40. The van der Waals surface area contributed by atoms with Crippen molar-refractivity contribution in [2.75, 3.05) is 13.1 Å². The fourth-order valence-corrected chi connectivity index (χ4v) is 2.22. The zero-order valence-electron chi connectivity index (χ0n) is 11.7. The number of likely N-dealkylation sites (N-methyl/N-ethyl adjacent to an activating group) is 1. The topological polar surface area (TPSA) is 49.4 Å². The van der Waals surface area contributed by atoms with Gasteiger partial charge in [-0.25, -0.2) is 0 Å². The molecule has 0 aromatic heterocycles. The Labute approximate surface area is 132 Å². The van der Waals surface area contributed by atoms with Crippen LogP contribution >= 0.6 is 27.5 Å². The molecule has 1 unspecified atom stereocenters. The van der Waals surface area contributed by atoms with Crippen LogP contribution in [0.15, 0.2) is 22.7 Å². The highest BCUT2D eigenvalue weighted by molar-refractivity contribution is 9.10. The highest BCUT2D eigenvalue weighted by Crippen LogP contribution is 2.23. The summed E-state index contributed by atoms with van der Waals surface area (Å²) in [7, 11) is 0. The SMILES string of the molecule is CCN(CC)C(=O)C(C)NC(=O)c1ccc(Br)c(Cl)c1. The van der Waals surface area contributed by atoms with Crippen LogP contribution < -0.4 is 5.32 Å². The van der Waals surface area contributed by atoms with Gasteiger partial charge in [0.1, 0.15) is 6.04 Å². The number of nitrogens with zero attached hydrogens (tertiary/aromatic N) is 1. The monoisotopic (exact) mass is 360 g/mol. The average Bonchev–Trinajstić information content (AvgIpc) is 2.42. The van der Waals surface area contributed by atoms with Crippen LogP contribution in [-0.2, 0) is 4.79 Å². The van der Waals surface area contributed by atoms with Crippen LogP contribution in [0.3, 0.4) is 0 Å². The highest BCUT2D eigenvalue weighted by atomic mass is 79.9. The summed E-state index contributed by atoms with van der Waals surface area (Å²) in [4.78, 5) is 25.8. The average molecular weight is 362 g/mol. The van der Waals surface area contributed by atoms with Gasteiger partial charge in [-0.1, -0.05) is 11.6 Å². The Morgan fingerprint density at radius 1 is 1.35 bits per heavy atom. The van der Waals surface area contributed by atoms with Crippen molar-refractivity contribution in [2.45, 2.75) is 26.8 Å². The second-order valence-electron chi connectivity index (χ2n) is 4.33. The summed E-state index contributed by atoms with van der Waals surface area (Å²) in [6, 6.07) is 4.36. The lowest BCUT2D eigenvalue weighted by Crippen LogP contribution is -2.46. The third-order valence-electron chi connectivity index (χ3n) is 2.97. The fourth-order valence-electron chi connectivity index (χ4n) is 1.79. The first kappa shape index (κ1) is 17.0. The van der Waals surface area contributed by atoms with Crippen LogP contribution in [0.25, 0.3) is 0 Å². The van der Waals surface area contributed by atoms with Crippen molar-refractivity contribution >= 4 is 39.3 Å². The molecule has 110 valence electrons. The summed E-state index contributed by atoms with van der Waals surface area (Å²) >= 11 is 9.22. The standard InChI is InChI=1S/C14H18BrClN2O2/c1-4-18(5-2)14(20)9(3)17-13(19)10-6-7-11(15)12(16)8-10/h6-9H,4-5H2,1-3H3,(H,17,19). The Morgan fingerprint density at radius 3 is 2.45 bits per heavy atom. The van der Waals surface area contributed by atoms with E-state index in [0.29, 0.717) is 23.7 Å². The Balaban J connectivity index is 2.74. The largest absolute Gasteiger partial charge is 0.341 e. The zero-order chi connectivity index (χ0) is 15.3. The van der Waals surface area contributed by atoms with E-state index in [9.17, 15) is 9.59 Å². The molecule has 0 saturated heterocycles. The van der Waals surface area contributed by atoms with Crippen LogP contribution in [0.1, 0.15) is 31.1 Å². The van der Waals surface area contributed by atoms with Gasteiger partial charge in [-0.2, -0.15) is 0 Å². The molecule has 6 heteroatoms. The predicted octanol–water partition coefficient (Wildman–Crippen LogP) is 3.09. The normalized spacial score (nSPS) is 11.8. The first-order valence-corrected chi connectivity index (χ1v) is 7.62. The Morgan fingerprint density at radius 2 is 1.95 bits per heavy atom. The predicted molar refractivity (Wildman–Crippen MR) is 84.0 cm³/mol. The molecule has 1 aromatic rings. The molecule has 20 heavy (non-hydrogen) atoms. The maximum absolute atomic E-state index is 12.1. The van der Waals surface area contributed by atoms with E-state index in [2.05, 4.69) is 21.2 Å². The summed E-state index contributed by atoms with van der Waals surface area (Å²) in [6.07, 6.45) is 0. The molecule has 0 heterocycles. The lowest BCUT2D eigenvalue weighted by atomic mass is 10.2. The maximum Gasteiger partial charge on any atom is 0.251 e. The molecule has 0 spiro atoms. The van der Waals surface area contributed by atoms with E-state index in [4.69, 9.17) is 11.6 Å². The van der Waals surface area contributed by atoms with Crippen LogP contribution in [0, 0.1) is 0 Å². The smallest absolute Gasteiger partial charge is 0.251 e. The number of halogens is 2. The van der Waals surface area contributed by atoms with Gasteiger partial charge in [0.2, 0.25) is 5.91 Å². The summed E-state index contributed by atoms with van der Waals surface area (Å²) in [5.74, 6) is -0.404. The van der Waals surface area contributed by atoms with Crippen molar-refractivity contribution in [3.05, 3.63) is 33.3 Å². The molecule has 0 aliphatic rings. The van der Waals surface area contributed by atoms with Crippen molar-refractivity contribution in [3.8, 4) is 0 Å². The van der Waals surface area contributed by atoms with Gasteiger partial charge in [0.15, 0.2) is 0 Å². The van der Waals surface area contributed by atoms with Gasteiger partial charge in [-0.15, -0.1) is 0 Å². The molecular formula is C14H18BrClN2O2. The maximum atomic E-state index is 12.1. The number of amides is 2. The Hall–Kier alpha value is -1.07. The van der Waals surface area contributed by atoms with E-state index in [1.807, 2.05) is 13.8 Å². The number of nitrogens with one attached hydrogen (secondary N) is 1. The minimum absolute atomic E-state index is 0.0911. The Bertz CT molecular complexity index is 504. The van der Waals surface area contributed by atoms with Gasteiger partial charge in [-0.3, -0.25) is 9.59 Å². The van der Waals surface area contributed by atoms with Crippen molar-refractivity contribution < 1.29 is 9.59 Å². The molecule has 0 aliphatic heterocycles. The molecule has 0 radical (unpaired) electrons. The second-order valence-corrected chi connectivity index (χ2v) is 5.60. The van der Waals surface area contributed by atoms with E-state index in [-0.39, 0.29) is 11.8 Å². The van der Waals surface area contributed by atoms with E-state index in [1.165, 1.54) is 0 Å². The van der Waals surface area contributed by atoms with E-state index in [0.717, 1.165) is 4.47 Å². The van der Waals surface area contributed by atoms with E-state index in [1.54, 1.807) is 30.0 Å². The third kappa shape index (κ3) is 4.21. The molecule has 1 aromatic carbocycles. The fraction of sp³-hybridized carbons (Fsp3) is 0.429. The lowest BCUT2D eigenvalue weighted by molar-refractivity contribution is -0.132. The molecule has 0 fully saturated rings. The highest BCUT2D eigenvalue weighted by Gasteiger charge is 2.20. The number of benzene rings is 1. The quantitative estimate of drug-likeness (QED) is 0.876. The van der Waals surface area contributed by atoms with Crippen LogP contribution in [0.5, 0.6) is 0 Å². The summed E-state index contributed by atoms with van der Waals surface area (Å²) in [5, 5.41) is 3.15. The number of carbonyl (C=O) groups is 2. The number of rotatable bonds is 5. The molecule has 2 amide bonds. The van der Waals surface area contributed by atoms with Crippen molar-refractivity contribution in [3.63, 3.8) is 0 Å². The number of hydrogen-bond acceptors (Lipinski definition) is 2. The van der Waals surface area contributed by atoms with Gasteiger partial charge < -0.3 is 10.2 Å². The minimum Gasteiger partial charge on any atom is -0.341 e. The van der Waals surface area contributed by atoms with Gasteiger partial charge in [0.25, 0.3) is 5.91 Å². The molecular weight excluding hydrogens is 344 g/mol. The van der Waals surface area contributed by atoms with Crippen molar-refractivity contribution in [1.29, 1.82) is 0 Å². The van der Waals surface area contributed by atoms with Gasteiger partial charge >= 0.3 is 0 Å². The van der Waals surface area contributed by atoms with Crippen molar-refractivity contribution in [1.82, 2.24) is 10.2 Å². The van der Waals surface area contributed by atoms with Crippen molar-refractivity contribution in [2.24, 2.45) is 0 Å². The van der Waals surface area contributed by atoms with Crippen LogP contribution in [-0.4, -0.2) is 35.8 Å².